The fraction of sp³-hybridized carbons (Fsp3) is 0.778. The molecule has 200 valence electrons. The van der Waals surface area contributed by atoms with Crippen LogP contribution in [-0.2, 0) is 9.63 Å². The number of fused-ring (bicyclic) bond motifs is 7. The van der Waals surface area contributed by atoms with Gasteiger partial charge in [0.25, 0.3) is 0 Å². The third-order valence-electron chi connectivity index (χ3n) is 10.3. The van der Waals surface area contributed by atoms with Crippen molar-refractivity contribution in [1.29, 1.82) is 0 Å². The van der Waals surface area contributed by atoms with Crippen LogP contribution in [0.3, 0.4) is 0 Å². The predicted octanol–water partition coefficient (Wildman–Crippen LogP) is 4.79. The average molecular weight is 528 g/mol. The minimum atomic E-state index is -2.57. The molecular formula is C27H36F3NO4S. The zero-order valence-corrected chi connectivity index (χ0v) is 22.1. The van der Waals surface area contributed by atoms with Gasteiger partial charge in [-0.2, -0.15) is 5.06 Å². The molecule has 1 aliphatic heterocycles. The van der Waals surface area contributed by atoms with E-state index in [0.717, 1.165) is 12.5 Å². The van der Waals surface area contributed by atoms with Crippen LogP contribution in [0.25, 0.3) is 0 Å². The second-order valence-electron chi connectivity index (χ2n) is 12.6. The second-order valence-corrected chi connectivity index (χ2v) is 12.9. The van der Waals surface area contributed by atoms with E-state index < -0.39 is 58.2 Å². The van der Waals surface area contributed by atoms with Crippen molar-refractivity contribution >= 4 is 23.1 Å². The lowest BCUT2D eigenvalue weighted by Gasteiger charge is -2.66. The Morgan fingerprint density at radius 2 is 2.00 bits per heavy atom. The normalized spacial score (nSPS) is 49.9. The molecule has 0 aromatic carbocycles. The molecule has 4 aliphatic carbocycles. The minimum Gasteiger partial charge on any atom is -0.500 e. The number of carbonyl (C=O) groups excluding carboxylic acids is 1. The van der Waals surface area contributed by atoms with Crippen molar-refractivity contribution < 1.29 is 33.0 Å². The van der Waals surface area contributed by atoms with Crippen molar-refractivity contribution in [2.75, 3.05) is 19.8 Å². The monoisotopic (exact) mass is 527 g/mol. The maximum absolute atomic E-state index is 17.7. The number of halogens is 3. The van der Waals surface area contributed by atoms with Crippen LogP contribution in [0, 0.1) is 34.5 Å². The van der Waals surface area contributed by atoms with Crippen LogP contribution in [-0.4, -0.2) is 68.9 Å². The van der Waals surface area contributed by atoms with Gasteiger partial charge in [0.15, 0.2) is 22.1 Å². The molecule has 0 bridgehead atoms. The summed E-state index contributed by atoms with van der Waals surface area (Å²) < 4.78 is 48.3. The van der Waals surface area contributed by atoms with Gasteiger partial charge in [-0.1, -0.05) is 26.8 Å². The quantitative estimate of drug-likeness (QED) is 0.501. The van der Waals surface area contributed by atoms with Crippen LogP contribution in [0.5, 0.6) is 0 Å². The molecule has 9 heteroatoms. The first-order valence-corrected chi connectivity index (χ1v) is 13.3. The van der Waals surface area contributed by atoms with Crippen molar-refractivity contribution in [1.82, 2.24) is 5.06 Å². The molecular weight excluding hydrogens is 491 g/mol. The standard InChI is InChI=1S/C27H36F3NO4S/c1-15(2)6-8-31-12-16-9-18-19-11-21(29)20-10-17(32)5-7-23(20,3)27(19,30)25(34,14-28)13-24(18,4)26(16,35-31)22(33)36/h5,7,10,15-16,18-19,21,34H,6,8-9,11-14H2,1-4H3,(H,33,36)/t16-,18-,19-,21-,23-,24-,25-,26-,27+/m0/s1. The maximum Gasteiger partial charge on any atom is 0.192 e. The lowest BCUT2D eigenvalue weighted by atomic mass is 9.41. The Hall–Kier alpha value is -1.29. The van der Waals surface area contributed by atoms with Gasteiger partial charge in [-0.15, -0.1) is 0 Å². The van der Waals surface area contributed by atoms with Crippen molar-refractivity contribution in [3.8, 4) is 0 Å². The lowest BCUT2D eigenvalue weighted by Crippen LogP contribution is -2.76. The number of carbonyl (C=O) groups is 1. The van der Waals surface area contributed by atoms with Gasteiger partial charge < -0.3 is 10.2 Å². The summed E-state index contributed by atoms with van der Waals surface area (Å²) in [4.78, 5) is 18.5. The van der Waals surface area contributed by atoms with E-state index in [9.17, 15) is 19.4 Å². The SMILES string of the molecule is CC(C)CCN1C[C@@H]2C[C@H]3[C@@H]4C[C@H](F)C5=CC(=O)C=C[C@]5(C)[C@@]4(F)[C@@](O)(CF)C[C@]3(C)[C@]2(C(O)=S)O1. The molecule has 0 aromatic rings. The van der Waals surface area contributed by atoms with E-state index in [2.05, 4.69) is 13.8 Å². The molecule has 9 atom stereocenters. The number of rotatable bonds is 5. The van der Waals surface area contributed by atoms with E-state index in [1.54, 1.807) is 12.0 Å². The Labute approximate surface area is 215 Å². The number of allylic oxidation sites excluding steroid dienone is 4. The molecule has 2 N–H and O–H groups in total. The van der Waals surface area contributed by atoms with Crippen molar-refractivity contribution in [3.63, 3.8) is 0 Å². The number of hydroxylamine groups is 2. The number of aliphatic hydroxyl groups excluding tert-OH is 1. The summed E-state index contributed by atoms with van der Waals surface area (Å²) >= 11 is 5.35. The van der Waals surface area contributed by atoms with Gasteiger partial charge in [-0.05, 0) is 74.4 Å². The van der Waals surface area contributed by atoms with Crippen LogP contribution in [0.1, 0.15) is 53.4 Å². The largest absolute Gasteiger partial charge is 0.500 e. The topological polar surface area (TPSA) is 70.0 Å². The molecule has 0 aromatic heterocycles. The summed E-state index contributed by atoms with van der Waals surface area (Å²) in [5, 5.41) is 24.1. The van der Waals surface area contributed by atoms with Gasteiger partial charge in [-0.3, -0.25) is 9.63 Å². The first kappa shape index (κ1) is 26.3. The number of aliphatic hydroxyl groups is 2. The van der Waals surface area contributed by atoms with Crippen molar-refractivity contribution in [3.05, 3.63) is 23.8 Å². The van der Waals surface area contributed by atoms with Crippen LogP contribution < -0.4 is 0 Å². The third-order valence-corrected chi connectivity index (χ3v) is 10.6. The molecule has 3 saturated carbocycles. The van der Waals surface area contributed by atoms with Crippen molar-refractivity contribution in [2.24, 2.45) is 34.5 Å². The molecule has 0 unspecified atom stereocenters. The number of hydrogen-bond donors (Lipinski definition) is 2. The highest BCUT2D eigenvalue weighted by Crippen LogP contribution is 2.74. The van der Waals surface area contributed by atoms with E-state index in [1.807, 2.05) is 0 Å². The molecule has 1 heterocycles. The first-order valence-electron chi connectivity index (χ1n) is 12.9. The van der Waals surface area contributed by atoms with Gasteiger partial charge in [0.2, 0.25) is 0 Å². The molecule has 4 fully saturated rings. The zero-order chi connectivity index (χ0) is 26.5. The fourth-order valence-electron chi connectivity index (χ4n) is 8.70. The van der Waals surface area contributed by atoms with Crippen LogP contribution >= 0.6 is 12.2 Å². The Bertz CT molecular complexity index is 1050. The summed E-state index contributed by atoms with van der Waals surface area (Å²) in [6.45, 7) is 7.08. The molecule has 0 amide bonds. The molecule has 5 nitrogen and oxygen atoms in total. The van der Waals surface area contributed by atoms with Gasteiger partial charge >= 0.3 is 0 Å². The zero-order valence-electron chi connectivity index (χ0n) is 21.3. The van der Waals surface area contributed by atoms with Crippen LogP contribution in [0.15, 0.2) is 23.8 Å². The molecule has 36 heavy (non-hydrogen) atoms. The Kier molecular flexibility index (Phi) is 5.93. The van der Waals surface area contributed by atoms with E-state index in [4.69, 9.17) is 17.1 Å². The second kappa shape index (κ2) is 8.10. The molecule has 5 aliphatic rings. The first-order chi connectivity index (χ1) is 16.7. The number of alkyl halides is 3. The van der Waals surface area contributed by atoms with E-state index in [-0.39, 0.29) is 29.4 Å². The van der Waals surface area contributed by atoms with Gasteiger partial charge in [0.1, 0.15) is 18.4 Å². The molecule has 5 rings (SSSR count). The number of ketones is 1. The maximum atomic E-state index is 17.7. The Morgan fingerprint density at radius 1 is 1.31 bits per heavy atom. The number of hydrogen-bond acceptors (Lipinski definition) is 5. The number of thiocarbonyl (C=S) groups is 1. The highest BCUT2D eigenvalue weighted by atomic mass is 32.1. The molecule has 0 spiro atoms. The average Bonchev–Trinajstić information content (AvgIpc) is 3.29. The molecule has 0 radical (unpaired) electrons. The van der Waals surface area contributed by atoms with E-state index >= 15 is 8.78 Å². The summed E-state index contributed by atoms with van der Waals surface area (Å²) in [7, 11) is 0. The lowest BCUT2D eigenvalue weighted by molar-refractivity contribution is -0.290. The Morgan fingerprint density at radius 3 is 2.61 bits per heavy atom. The summed E-state index contributed by atoms with van der Waals surface area (Å²) in [5.74, 6) is -1.94. The van der Waals surface area contributed by atoms with Crippen LogP contribution in [0.2, 0.25) is 0 Å². The summed E-state index contributed by atoms with van der Waals surface area (Å²) in [6, 6.07) is 0. The summed E-state index contributed by atoms with van der Waals surface area (Å²) in [6.07, 6.45) is 2.56. The minimum absolute atomic E-state index is 0.0501. The summed E-state index contributed by atoms with van der Waals surface area (Å²) in [5.41, 5.74) is -9.37. The predicted molar refractivity (Wildman–Crippen MR) is 132 cm³/mol. The highest BCUT2D eigenvalue weighted by molar-refractivity contribution is 7.80. The van der Waals surface area contributed by atoms with Crippen molar-refractivity contribution in [2.45, 2.75) is 76.4 Å². The molecule has 1 saturated heterocycles. The smallest absolute Gasteiger partial charge is 0.192 e. The number of nitrogens with zero attached hydrogens (tertiary/aromatic N) is 1. The van der Waals surface area contributed by atoms with Crippen LogP contribution in [0.4, 0.5) is 13.2 Å². The van der Waals surface area contributed by atoms with Gasteiger partial charge in [0, 0.05) is 35.8 Å². The fourth-order valence-corrected chi connectivity index (χ4v) is 9.14. The highest BCUT2D eigenvalue weighted by Gasteiger charge is 2.82. The Balaban J connectivity index is 1.63. The van der Waals surface area contributed by atoms with E-state index in [0.29, 0.717) is 25.4 Å². The van der Waals surface area contributed by atoms with E-state index in [1.165, 1.54) is 19.1 Å². The third kappa shape index (κ3) is 3.00. The van der Waals surface area contributed by atoms with Gasteiger partial charge in [0.05, 0.1) is 0 Å². The van der Waals surface area contributed by atoms with Gasteiger partial charge in [-0.25, -0.2) is 13.2 Å².